The molecule has 0 unspecified atom stereocenters. The van der Waals surface area contributed by atoms with E-state index in [4.69, 9.17) is 17.3 Å². The molecule has 0 saturated heterocycles. The summed E-state index contributed by atoms with van der Waals surface area (Å²) in [5, 5.41) is 0.615. The molecule has 0 atom stereocenters. The Morgan fingerprint density at radius 1 is 1.18 bits per heavy atom. The lowest BCUT2D eigenvalue weighted by Gasteiger charge is -2.22. The molecule has 0 aliphatic rings. The van der Waals surface area contributed by atoms with E-state index in [-0.39, 0.29) is 12.3 Å². The van der Waals surface area contributed by atoms with Gasteiger partial charge in [-0.1, -0.05) is 17.7 Å². The second-order valence-corrected chi connectivity index (χ2v) is 5.53. The average Bonchev–Trinajstić information content (AvgIpc) is 2.49. The SMILES string of the molecule is Cc1cccnc1CN(CCC(N)=O)Cc1ncccc1Cl. The molecule has 6 heteroatoms. The third-order valence-electron chi connectivity index (χ3n) is 3.37. The number of aromatic nitrogens is 2. The van der Waals surface area contributed by atoms with Gasteiger partial charge in [0.25, 0.3) is 0 Å². The lowest BCUT2D eigenvalue weighted by molar-refractivity contribution is -0.118. The third kappa shape index (κ3) is 4.79. The highest BCUT2D eigenvalue weighted by atomic mass is 35.5. The van der Waals surface area contributed by atoms with Gasteiger partial charge in [-0.2, -0.15) is 0 Å². The fourth-order valence-electron chi connectivity index (χ4n) is 2.12. The zero-order valence-corrected chi connectivity index (χ0v) is 13.3. The topological polar surface area (TPSA) is 72.1 Å². The summed E-state index contributed by atoms with van der Waals surface area (Å²) >= 11 is 6.17. The van der Waals surface area contributed by atoms with E-state index in [2.05, 4.69) is 14.9 Å². The van der Waals surface area contributed by atoms with Crippen LogP contribution >= 0.6 is 11.6 Å². The van der Waals surface area contributed by atoms with Gasteiger partial charge in [0.15, 0.2) is 0 Å². The smallest absolute Gasteiger partial charge is 0.218 e. The lowest BCUT2D eigenvalue weighted by Crippen LogP contribution is -2.28. The van der Waals surface area contributed by atoms with Crippen LogP contribution in [-0.2, 0) is 17.9 Å². The van der Waals surface area contributed by atoms with Crippen molar-refractivity contribution in [1.29, 1.82) is 0 Å². The number of hydrogen-bond acceptors (Lipinski definition) is 4. The van der Waals surface area contributed by atoms with Gasteiger partial charge in [-0.25, -0.2) is 0 Å². The monoisotopic (exact) mass is 318 g/mol. The molecule has 2 heterocycles. The van der Waals surface area contributed by atoms with E-state index in [1.807, 2.05) is 25.1 Å². The Hall–Kier alpha value is -1.98. The third-order valence-corrected chi connectivity index (χ3v) is 3.72. The number of halogens is 1. The summed E-state index contributed by atoms with van der Waals surface area (Å²) in [6, 6.07) is 7.52. The van der Waals surface area contributed by atoms with Crippen LogP contribution in [0.4, 0.5) is 0 Å². The van der Waals surface area contributed by atoms with Crippen molar-refractivity contribution in [2.45, 2.75) is 26.4 Å². The number of rotatable bonds is 7. The molecular weight excluding hydrogens is 300 g/mol. The molecule has 2 rings (SSSR count). The molecule has 22 heavy (non-hydrogen) atoms. The van der Waals surface area contributed by atoms with Gasteiger partial charge >= 0.3 is 0 Å². The van der Waals surface area contributed by atoms with Gasteiger partial charge in [0, 0.05) is 38.4 Å². The van der Waals surface area contributed by atoms with Crippen molar-refractivity contribution >= 4 is 17.5 Å². The van der Waals surface area contributed by atoms with Crippen LogP contribution in [0.3, 0.4) is 0 Å². The molecule has 2 N–H and O–H groups in total. The zero-order chi connectivity index (χ0) is 15.9. The highest BCUT2D eigenvalue weighted by Gasteiger charge is 2.13. The molecule has 0 spiro atoms. The van der Waals surface area contributed by atoms with Gasteiger partial charge in [-0.3, -0.25) is 19.7 Å². The molecule has 0 saturated carbocycles. The summed E-state index contributed by atoms with van der Waals surface area (Å²) in [7, 11) is 0. The quantitative estimate of drug-likeness (QED) is 0.850. The molecular formula is C16H19ClN4O. The van der Waals surface area contributed by atoms with Gasteiger partial charge in [0.05, 0.1) is 16.4 Å². The molecule has 116 valence electrons. The number of pyridine rings is 2. The molecule has 0 aliphatic heterocycles. The molecule has 0 fully saturated rings. The molecule has 1 amide bonds. The van der Waals surface area contributed by atoms with E-state index in [1.54, 1.807) is 18.5 Å². The van der Waals surface area contributed by atoms with Crippen LogP contribution in [0.2, 0.25) is 5.02 Å². The highest BCUT2D eigenvalue weighted by molar-refractivity contribution is 6.31. The predicted octanol–water partition coefficient (Wildman–Crippen LogP) is 2.32. The van der Waals surface area contributed by atoms with Gasteiger partial charge < -0.3 is 5.73 Å². The summed E-state index contributed by atoms with van der Waals surface area (Å²) in [4.78, 5) is 21.9. The standard InChI is InChI=1S/C16H19ClN4O/c1-12-4-2-7-19-14(12)10-21(9-6-16(18)22)11-15-13(17)5-3-8-20-15/h2-5,7-8H,6,9-11H2,1H3,(H2,18,22). The maximum absolute atomic E-state index is 11.1. The number of nitrogens with two attached hydrogens (primary N) is 1. The molecule has 2 aromatic heterocycles. The van der Waals surface area contributed by atoms with Crippen LogP contribution < -0.4 is 5.73 Å². The van der Waals surface area contributed by atoms with Crippen molar-refractivity contribution in [3.63, 3.8) is 0 Å². The Morgan fingerprint density at radius 2 is 1.82 bits per heavy atom. The Kier molecular flexibility index (Phi) is 5.86. The Morgan fingerprint density at radius 3 is 2.45 bits per heavy atom. The zero-order valence-electron chi connectivity index (χ0n) is 12.5. The molecule has 2 aromatic rings. The first kappa shape index (κ1) is 16.4. The van der Waals surface area contributed by atoms with Crippen LogP contribution in [0.5, 0.6) is 0 Å². The Bertz CT molecular complexity index is 600. The maximum atomic E-state index is 11.1. The summed E-state index contributed by atoms with van der Waals surface area (Å²) in [5.74, 6) is -0.324. The lowest BCUT2D eigenvalue weighted by atomic mass is 10.2. The van der Waals surface area contributed by atoms with E-state index >= 15 is 0 Å². The van der Waals surface area contributed by atoms with Gasteiger partial charge in [0.1, 0.15) is 0 Å². The summed E-state index contributed by atoms with van der Waals surface area (Å²) < 4.78 is 0. The Labute approximate surface area is 135 Å². The first-order valence-electron chi connectivity index (χ1n) is 7.07. The van der Waals surface area contributed by atoms with Crippen molar-refractivity contribution in [2.75, 3.05) is 6.54 Å². The number of nitrogens with zero attached hydrogens (tertiary/aromatic N) is 3. The first-order chi connectivity index (χ1) is 10.6. The van der Waals surface area contributed by atoms with Crippen molar-refractivity contribution in [1.82, 2.24) is 14.9 Å². The molecule has 5 nitrogen and oxygen atoms in total. The van der Waals surface area contributed by atoms with Crippen LogP contribution in [-0.4, -0.2) is 27.3 Å². The molecule has 0 aromatic carbocycles. The van der Waals surface area contributed by atoms with Crippen molar-refractivity contribution in [2.24, 2.45) is 5.73 Å². The van der Waals surface area contributed by atoms with Gasteiger partial charge in [-0.05, 0) is 30.7 Å². The van der Waals surface area contributed by atoms with Crippen LogP contribution in [0, 0.1) is 6.92 Å². The second-order valence-electron chi connectivity index (χ2n) is 5.13. The van der Waals surface area contributed by atoms with Crippen molar-refractivity contribution < 1.29 is 4.79 Å². The number of carbonyl (C=O) groups is 1. The fourth-order valence-corrected chi connectivity index (χ4v) is 2.31. The number of hydrogen-bond donors (Lipinski definition) is 1. The van der Waals surface area contributed by atoms with Crippen molar-refractivity contribution in [3.05, 3.63) is 58.6 Å². The minimum absolute atomic E-state index is 0.288. The Balaban J connectivity index is 2.14. The van der Waals surface area contributed by atoms with Crippen LogP contribution in [0.15, 0.2) is 36.7 Å². The van der Waals surface area contributed by atoms with E-state index in [1.165, 1.54) is 0 Å². The molecule has 0 bridgehead atoms. The van der Waals surface area contributed by atoms with Crippen molar-refractivity contribution in [3.8, 4) is 0 Å². The number of amides is 1. The normalized spacial score (nSPS) is 10.9. The minimum atomic E-state index is -0.324. The van der Waals surface area contributed by atoms with E-state index < -0.39 is 0 Å². The second kappa shape index (κ2) is 7.87. The minimum Gasteiger partial charge on any atom is -0.370 e. The van der Waals surface area contributed by atoms with Gasteiger partial charge in [-0.15, -0.1) is 0 Å². The van der Waals surface area contributed by atoms with Gasteiger partial charge in [0.2, 0.25) is 5.91 Å². The fraction of sp³-hybridized carbons (Fsp3) is 0.312. The highest BCUT2D eigenvalue weighted by Crippen LogP contribution is 2.16. The number of carbonyl (C=O) groups excluding carboxylic acids is 1. The summed E-state index contributed by atoms with van der Waals surface area (Å²) in [5.41, 5.74) is 8.13. The van der Waals surface area contributed by atoms with E-state index in [0.29, 0.717) is 24.7 Å². The number of primary amides is 1. The van der Waals surface area contributed by atoms with Crippen LogP contribution in [0.1, 0.15) is 23.4 Å². The van der Waals surface area contributed by atoms with Crippen LogP contribution in [0.25, 0.3) is 0 Å². The molecule has 0 radical (unpaired) electrons. The summed E-state index contributed by atoms with van der Waals surface area (Å²) in [6.07, 6.45) is 3.76. The average molecular weight is 319 g/mol. The maximum Gasteiger partial charge on any atom is 0.218 e. The number of aryl methyl sites for hydroxylation is 1. The first-order valence-corrected chi connectivity index (χ1v) is 7.44. The summed E-state index contributed by atoms with van der Waals surface area (Å²) in [6.45, 7) is 3.72. The predicted molar refractivity (Wildman–Crippen MR) is 86.1 cm³/mol. The van der Waals surface area contributed by atoms with E-state index in [0.717, 1.165) is 17.0 Å². The molecule has 0 aliphatic carbocycles. The van der Waals surface area contributed by atoms with E-state index in [9.17, 15) is 4.79 Å². The largest absolute Gasteiger partial charge is 0.370 e.